The molecule has 0 aliphatic carbocycles. The maximum Gasteiger partial charge on any atom is 0.307 e. The summed E-state index contributed by atoms with van der Waals surface area (Å²) in [5.74, 6) is -1.73. The second-order valence-electron chi connectivity index (χ2n) is 2.19. The lowest BCUT2D eigenvalue weighted by Crippen LogP contribution is -2.01. The number of pyridine rings is 1. The maximum absolute atomic E-state index is 12.6. The number of carbonyl (C=O) groups is 1. The van der Waals surface area contributed by atoms with Crippen LogP contribution in [-0.2, 0) is 11.2 Å². The van der Waals surface area contributed by atoms with Gasteiger partial charge in [0, 0.05) is 6.20 Å². The normalized spacial score (nSPS) is 9.83. The van der Waals surface area contributed by atoms with Crippen LogP contribution in [0.5, 0.6) is 0 Å². The molecule has 0 atom stereocenters. The predicted octanol–water partition coefficient (Wildman–Crippen LogP) is 1.50. The molecule has 0 unspecified atom stereocenters. The van der Waals surface area contributed by atoms with E-state index in [4.69, 9.17) is 16.7 Å². The molecule has 1 aromatic rings. The first-order valence-corrected chi connectivity index (χ1v) is 3.49. The molecule has 64 valence electrons. The first kappa shape index (κ1) is 8.93. The van der Waals surface area contributed by atoms with Gasteiger partial charge in [0.2, 0.25) is 0 Å². The van der Waals surface area contributed by atoms with E-state index in [-0.39, 0.29) is 11.6 Å². The minimum absolute atomic E-state index is 0.246. The highest BCUT2D eigenvalue weighted by molar-refractivity contribution is 6.29. The van der Waals surface area contributed by atoms with E-state index >= 15 is 0 Å². The van der Waals surface area contributed by atoms with Crippen molar-refractivity contribution in [2.75, 3.05) is 0 Å². The first-order chi connectivity index (χ1) is 5.59. The van der Waals surface area contributed by atoms with Gasteiger partial charge in [-0.05, 0) is 11.6 Å². The van der Waals surface area contributed by atoms with Crippen LogP contribution in [0.15, 0.2) is 12.3 Å². The number of nitrogens with zero attached hydrogens (tertiary/aromatic N) is 1. The molecule has 0 amide bonds. The topological polar surface area (TPSA) is 50.2 Å². The highest BCUT2D eigenvalue weighted by atomic mass is 35.5. The minimum Gasteiger partial charge on any atom is -0.481 e. The third-order valence-electron chi connectivity index (χ3n) is 1.21. The number of rotatable bonds is 2. The third-order valence-corrected chi connectivity index (χ3v) is 1.49. The Balaban J connectivity index is 2.89. The van der Waals surface area contributed by atoms with E-state index in [0.29, 0.717) is 5.56 Å². The molecule has 1 rings (SSSR count). The predicted molar refractivity (Wildman–Crippen MR) is 40.5 cm³/mol. The summed E-state index contributed by atoms with van der Waals surface area (Å²) in [6.07, 6.45) is 0.987. The third kappa shape index (κ3) is 2.17. The molecule has 0 saturated heterocycles. The molecule has 0 saturated carbocycles. The van der Waals surface area contributed by atoms with Gasteiger partial charge < -0.3 is 5.11 Å². The van der Waals surface area contributed by atoms with Gasteiger partial charge in [0.1, 0.15) is 0 Å². The molecule has 1 N–H and O–H groups in total. The monoisotopic (exact) mass is 189 g/mol. The maximum atomic E-state index is 12.6. The van der Waals surface area contributed by atoms with Gasteiger partial charge in [0.25, 0.3) is 0 Å². The van der Waals surface area contributed by atoms with Crippen molar-refractivity contribution < 1.29 is 14.3 Å². The van der Waals surface area contributed by atoms with E-state index in [9.17, 15) is 9.18 Å². The summed E-state index contributed by atoms with van der Waals surface area (Å²) in [6, 6.07) is 1.06. The minimum atomic E-state index is -1.03. The lowest BCUT2D eigenvalue weighted by molar-refractivity contribution is -0.136. The molecule has 0 bridgehead atoms. The lowest BCUT2D eigenvalue weighted by atomic mass is 10.2. The largest absolute Gasteiger partial charge is 0.481 e. The fourth-order valence-corrected chi connectivity index (χ4v) is 0.835. The number of carboxylic acid groups (broad SMARTS) is 1. The number of hydrogen-bond donors (Lipinski definition) is 1. The Kier molecular flexibility index (Phi) is 2.60. The van der Waals surface area contributed by atoms with E-state index in [1.807, 2.05) is 0 Å². The zero-order chi connectivity index (χ0) is 9.14. The van der Waals surface area contributed by atoms with Crippen molar-refractivity contribution in [1.29, 1.82) is 0 Å². The zero-order valence-corrected chi connectivity index (χ0v) is 6.68. The van der Waals surface area contributed by atoms with Crippen LogP contribution in [0, 0.1) is 5.82 Å². The molecule has 0 fully saturated rings. The molecule has 12 heavy (non-hydrogen) atoms. The Morgan fingerprint density at radius 1 is 1.75 bits per heavy atom. The Labute approximate surface area is 72.8 Å². The van der Waals surface area contributed by atoms with Gasteiger partial charge in [-0.15, -0.1) is 0 Å². The molecule has 0 radical (unpaired) electrons. The first-order valence-electron chi connectivity index (χ1n) is 3.11. The summed E-state index contributed by atoms with van der Waals surface area (Å²) in [6.45, 7) is 0. The molecular weight excluding hydrogens is 185 g/mol. The van der Waals surface area contributed by atoms with Gasteiger partial charge >= 0.3 is 5.97 Å². The van der Waals surface area contributed by atoms with Gasteiger partial charge in [-0.3, -0.25) is 4.79 Å². The molecule has 3 nitrogen and oxygen atoms in total. The Bertz CT molecular complexity index is 316. The standard InChI is InChI=1S/C7H5ClFNO2/c8-7-5(9)1-4(3-10-7)2-6(11)12/h1,3H,2H2,(H,11,12). The van der Waals surface area contributed by atoms with Crippen LogP contribution in [0.2, 0.25) is 5.15 Å². The molecule has 1 aromatic heterocycles. The summed E-state index contributed by atoms with van der Waals surface area (Å²) < 4.78 is 12.6. The molecule has 1 heterocycles. The summed E-state index contributed by atoms with van der Waals surface area (Å²) >= 11 is 5.28. The van der Waals surface area contributed by atoms with Gasteiger partial charge in [0.15, 0.2) is 11.0 Å². The van der Waals surface area contributed by atoms with E-state index in [2.05, 4.69) is 4.98 Å². The van der Waals surface area contributed by atoms with Gasteiger partial charge in [-0.2, -0.15) is 0 Å². The smallest absolute Gasteiger partial charge is 0.307 e. The highest BCUT2D eigenvalue weighted by Gasteiger charge is 2.05. The van der Waals surface area contributed by atoms with Crippen molar-refractivity contribution in [1.82, 2.24) is 4.98 Å². The van der Waals surface area contributed by atoms with E-state index < -0.39 is 11.8 Å². The highest BCUT2D eigenvalue weighted by Crippen LogP contribution is 2.12. The fourth-order valence-electron chi connectivity index (χ4n) is 0.732. The van der Waals surface area contributed by atoms with Gasteiger partial charge in [-0.1, -0.05) is 11.6 Å². The number of aromatic nitrogens is 1. The number of aliphatic carboxylic acids is 1. The van der Waals surface area contributed by atoms with Crippen molar-refractivity contribution in [2.24, 2.45) is 0 Å². The molecule has 0 aliphatic rings. The van der Waals surface area contributed by atoms with Gasteiger partial charge in [0.05, 0.1) is 6.42 Å². The van der Waals surface area contributed by atoms with Crippen LogP contribution >= 0.6 is 11.6 Å². The molecule has 0 aliphatic heterocycles. The van der Waals surface area contributed by atoms with Crippen molar-refractivity contribution in [3.63, 3.8) is 0 Å². The van der Waals surface area contributed by atoms with Crippen LogP contribution in [0.1, 0.15) is 5.56 Å². The molecular formula is C7H5ClFNO2. The number of halogens is 2. The van der Waals surface area contributed by atoms with Crippen LogP contribution < -0.4 is 0 Å². The summed E-state index contributed by atoms with van der Waals surface area (Å²) in [4.78, 5) is 13.6. The van der Waals surface area contributed by atoms with E-state index in [1.54, 1.807) is 0 Å². The Hall–Kier alpha value is -1.16. The van der Waals surface area contributed by atoms with Crippen LogP contribution in [0.4, 0.5) is 4.39 Å². The summed E-state index contributed by atoms with van der Waals surface area (Å²) in [5.41, 5.74) is 0.296. The Morgan fingerprint density at radius 2 is 2.42 bits per heavy atom. The lowest BCUT2D eigenvalue weighted by Gasteiger charge is -1.96. The average molecular weight is 190 g/mol. The summed E-state index contributed by atoms with van der Waals surface area (Å²) in [7, 11) is 0. The van der Waals surface area contributed by atoms with Crippen LogP contribution in [-0.4, -0.2) is 16.1 Å². The van der Waals surface area contributed by atoms with Crippen molar-refractivity contribution in [3.05, 3.63) is 28.8 Å². The average Bonchev–Trinajstić information content (AvgIpc) is 1.96. The fraction of sp³-hybridized carbons (Fsp3) is 0.143. The summed E-state index contributed by atoms with van der Waals surface area (Å²) in [5, 5.41) is 8.10. The van der Waals surface area contributed by atoms with Crippen LogP contribution in [0.3, 0.4) is 0 Å². The number of hydrogen-bond acceptors (Lipinski definition) is 2. The number of carboxylic acids is 1. The SMILES string of the molecule is O=C(O)Cc1cnc(Cl)c(F)c1. The van der Waals surface area contributed by atoms with Crippen LogP contribution in [0.25, 0.3) is 0 Å². The zero-order valence-electron chi connectivity index (χ0n) is 5.92. The van der Waals surface area contributed by atoms with Crippen molar-refractivity contribution >= 4 is 17.6 Å². The molecule has 5 heteroatoms. The van der Waals surface area contributed by atoms with Crippen molar-refractivity contribution in [2.45, 2.75) is 6.42 Å². The second kappa shape index (κ2) is 3.49. The van der Waals surface area contributed by atoms with Gasteiger partial charge in [-0.25, -0.2) is 9.37 Å². The van der Waals surface area contributed by atoms with Crippen molar-refractivity contribution in [3.8, 4) is 0 Å². The molecule has 0 aromatic carbocycles. The molecule has 0 spiro atoms. The second-order valence-corrected chi connectivity index (χ2v) is 2.54. The quantitative estimate of drug-likeness (QED) is 0.718. The van der Waals surface area contributed by atoms with E-state index in [1.165, 1.54) is 6.20 Å². The van der Waals surface area contributed by atoms with E-state index in [0.717, 1.165) is 6.07 Å². The Morgan fingerprint density at radius 3 is 2.92 bits per heavy atom.